The van der Waals surface area contributed by atoms with Crippen LogP contribution in [0.1, 0.15) is 82.5 Å². The van der Waals surface area contributed by atoms with E-state index >= 15 is 0 Å². The van der Waals surface area contributed by atoms with Crippen molar-refractivity contribution >= 4 is 44.5 Å². The van der Waals surface area contributed by atoms with Crippen molar-refractivity contribution < 1.29 is 23.5 Å². The van der Waals surface area contributed by atoms with E-state index in [0.29, 0.717) is 49.3 Å². The highest BCUT2D eigenvalue weighted by Gasteiger charge is 2.30. The van der Waals surface area contributed by atoms with Crippen molar-refractivity contribution in [3.8, 4) is 0 Å². The lowest BCUT2D eigenvalue weighted by Crippen LogP contribution is -2.39. The van der Waals surface area contributed by atoms with Gasteiger partial charge in [0.15, 0.2) is 6.23 Å². The van der Waals surface area contributed by atoms with Gasteiger partial charge in [-0.05, 0) is 86.9 Å². The lowest BCUT2D eigenvalue weighted by atomic mass is 10.1. The molecule has 4 heterocycles. The van der Waals surface area contributed by atoms with Gasteiger partial charge in [0.1, 0.15) is 11.7 Å². The highest BCUT2D eigenvalue weighted by atomic mass is 79.9. The van der Waals surface area contributed by atoms with E-state index < -0.39 is 11.7 Å². The van der Waals surface area contributed by atoms with Gasteiger partial charge in [0.05, 0.1) is 18.3 Å². The number of carbonyl (C=O) groups excluding carboxylic acids is 1. The van der Waals surface area contributed by atoms with Crippen molar-refractivity contribution in [1.82, 2.24) is 24.8 Å². The van der Waals surface area contributed by atoms with Crippen LogP contribution >= 0.6 is 27.5 Å². The van der Waals surface area contributed by atoms with Crippen LogP contribution < -0.4 is 0 Å². The van der Waals surface area contributed by atoms with Gasteiger partial charge in [0, 0.05) is 41.1 Å². The zero-order valence-electron chi connectivity index (χ0n) is 22.6. The van der Waals surface area contributed by atoms with Crippen LogP contribution in [0.15, 0.2) is 21.3 Å². The van der Waals surface area contributed by atoms with E-state index in [9.17, 15) is 4.79 Å². The summed E-state index contributed by atoms with van der Waals surface area (Å²) in [7, 11) is 0. The maximum atomic E-state index is 12.6. The minimum atomic E-state index is -0.564. The number of ether oxygens (including phenoxy) is 3. The number of benzene rings is 1. The fourth-order valence-corrected chi connectivity index (χ4v) is 6.05. The molecule has 1 aromatic carbocycles. The van der Waals surface area contributed by atoms with Crippen LogP contribution in [-0.2, 0) is 27.1 Å². The van der Waals surface area contributed by atoms with Crippen LogP contribution in [0.25, 0.3) is 10.9 Å². The molecule has 2 atom stereocenters. The molecule has 2 saturated heterocycles. The minimum absolute atomic E-state index is 0.0505. The standard InChI is InChI=1S/C27H35BrClN5O5/c1-27(2,3)38-26(35)33-11-7-13-36-21(16-33)25-31-22(39-32-25)9-6-8-17-19(29)14-20-18(24(17)28)15-30-34(20)23-10-4-5-12-37-23/h14-15,21,23H,4-13,16H2,1-3H3/t21-,23-/m1/s1. The molecular weight excluding hydrogens is 590 g/mol. The zero-order valence-corrected chi connectivity index (χ0v) is 25.0. The summed E-state index contributed by atoms with van der Waals surface area (Å²) in [5.74, 6) is 0.968. The molecule has 2 aliphatic rings. The fraction of sp³-hybridized carbons (Fsp3) is 0.630. The van der Waals surface area contributed by atoms with Gasteiger partial charge >= 0.3 is 6.09 Å². The number of aryl methyl sites for hydroxylation is 1. The molecule has 0 aliphatic carbocycles. The number of halogens is 2. The van der Waals surface area contributed by atoms with Crippen LogP contribution in [0.5, 0.6) is 0 Å². The summed E-state index contributed by atoms with van der Waals surface area (Å²) in [6, 6.07) is 1.98. The molecule has 212 valence electrons. The van der Waals surface area contributed by atoms with Gasteiger partial charge in [-0.15, -0.1) is 0 Å². The van der Waals surface area contributed by atoms with Crippen molar-refractivity contribution in [3.05, 3.63) is 39.0 Å². The lowest BCUT2D eigenvalue weighted by Gasteiger charge is -2.27. The first-order chi connectivity index (χ1) is 18.7. The van der Waals surface area contributed by atoms with Crippen LogP contribution in [0.2, 0.25) is 5.02 Å². The summed E-state index contributed by atoms with van der Waals surface area (Å²) in [6.45, 7) is 7.69. The SMILES string of the molecule is CC(C)(C)OC(=O)N1CCCO[C@@H](c2noc(CCCc3c(Cl)cc4c(cnn4[C@H]4CCCCO4)c3Br)n2)C1. The second-order valence-corrected chi connectivity index (χ2v) is 12.2. The Balaban J connectivity index is 1.21. The van der Waals surface area contributed by atoms with Crippen LogP contribution in [0, 0.1) is 0 Å². The van der Waals surface area contributed by atoms with Gasteiger partial charge < -0.3 is 23.6 Å². The molecule has 5 rings (SSSR count). The predicted octanol–water partition coefficient (Wildman–Crippen LogP) is 6.41. The minimum Gasteiger partial charge on any atom is -0.444 e. The summed E-state index contributed by atoms with van der Waals surface area (Å²) in [5, 5.41) is 10.5. The second-order valence-electron chi connectivity index (χ2n) is 11.0. The monoisotopic (exact) mass is 623 g/mol. The third kappa shape index (κ3) is 6.75. The number of carbonyl (C=O) groups is 1. The highest BCUT2D eigenvalue weighted by molar-refractivity contribution is 9.10. The topological polar surface area (TPSA) is 105 Å². The second kappa shape index (κ2) is 12.1. The Bertz CT molecular complexity index is 1300. The molecule has 39 heavy (non-hydrogen) atoms. The van der Waals surface area contributed by atoms with E-state index in [1.54, 1.807) is 4.90 Å². The first kappa shape index (κ1) is 28.3. The van der Waals surface area contributed by atoms with Gasteiger partial charge in [0.25, 0.3) is 0 Å². The molecule has 2 aromatic heterocycles. The van der Waals surface area contributed by atoms with Crippen molar-refractivity contribution in [2.45, 2.75) is 83.6 Å². The Labute approximate surface area is 241 Å². The zero-order chi connectivity index (χ0) is 27.6. The van der Waals surface area contributed by atoms with Crippen LogP contribution in [0.4, 0.5) is 4.79 Å². The molecule has 12 heteroatoms. The molecule has 3 aromatic rings. The predicted molar refractivity (Wildman–Crippen MR) is 149 cm³/mol. The molecule has 0 unspecified atom stereocenters. The van der Waals surface area contributed by atoms with Gasteiger partial charge in [-0.1, -0.05) is 16.8 Å². The van der Waals surface area contributed by atoms with E-state index in [2.05, 4.69) is 31.2 Å². The Hall–Kier alpha value is -2.21. The summed E-state index contributed by atoms with van der Waals surface area (Å²) >= 11 is 10.5. The van der Waals surface area contributed by atoms with E-state index in [-0.39, 0.29) is 12.3 Å². The maximum absolute atomic E-state index is 12.6. The van der Waals surface area contributed by atoms with E-state index in [4.69, 9.17) is 30.3 Å². The smallest absolute Gasteiger partial charge is 0.410 e. The Morgan fingerprint density at radius 3 is 2.79 bits per heavy atom. The molecule has 0 spiro atoms. The van der Waals surface area contributed by atoms with Crippen molar-refractivity contribution in [2.75, 3.05) is 26.3 Å². The van der Waals surface area contributed by atoms with E-state index in [1.165, 1.54) is 0 Å². The molecule has 2 aliphatic heterocycles. The molecule has 1 amide bonds. The van der Waals surface area contributed by atoms with Gasteiger partial charge in [-0.3, -0.25) is 0 Å². The average molecular weight is 625 g/mol. The van der Waals surface area contributed by atoms with Crippen molar-refractivity contribution in [3.63, 3.8) is 0 Å². The number of rotatable bonds is 6. The molecular formula is C27H35BrClN5O5. The number of hydrogen-bond donors (Lipinski definition) is 0. The van der Waals surface area contributed by atoms with Crippen LogP contribution in [-0.4, -0.2) is 62.8 Å². The normalized spacial score (nSPS) is 20.8. The molecule has 0 radical (unpaired) electrons. The largest absolute Gasteiger partial charge is 0.444 e. The summed E-state index contributed by atoms with van der Waals surface area (Å²) in [6.07, 6.45) is 6.95. The molecule has 10 nitrogen and oxygen atoms in total. The number of aromatic nitrogens is 4. The molecule has 0 bridgehead atoms. The summed E-state index contributed by atoms with van der Waals surface area (Å²) in [4.78, 5) is 18.8. The van der Waals surface area contributed by atoms with Gasteiger partial charge in [-0.25, -0.2) is 9.48 Å². The maximum Gasteiger partial charge on any atom is 0.410 e. The highest BCUT2D eigenvalue weighted by Crippen LogP contribution is 2.36. The molecule has 2 fully saturated rings. The number of amides is 1. The Morgan fingerprint density at radius 2 is 2.03 bits per heavy atom. The average Bonchev–Trinajstić information content (AvgIpc) is 3.46. The number of fused-ring (bicyclic) bond motifs is 1. The summed E-state index contributed by atoms with van der Waals surface area (Å²) < 4.78 is 25.8. The number of hydrogen-bond acceptors (Lipinski definition) is 8. The molecule has 0 saturated carbocycles. The third-order valence-electron chi connectivity index (χ3n) is 6.83. The van der Waals surface area contributed by atoms with E-state index in [0.717, 1.165) is 59.7 Å². The Morgan fingerprint density at radius 1 is 1.21 bits per heavy atom. The quantitative estimate of drug-likeness (QED) is 0.310. The van der Waals surface area contributed by atoms with Crippen LogP contribution in [0.3, 0.4) is 0 Å². The lowest BCUT2D eigenvalue weighted by molar-refractivity contribution is -0.0366. The van der Waals surface area contributed by atoms with E-state index in [1.807, 2.05) is 37.7 Å². The summed E-state index contributed by atoms with van der Waals surface area (Å²) in [5.41, 5.74) is 1.42. The van der Waals surface area contributed by atoms with Gasteiger partial charge in [0.2, 0.25) is 11.7 Å². The Kier molecular flexibility index (Phi) is 8.80. The van der Waals surface area contributed by atoms with Crippen molar-refractivity contribution in [2.24, 2.45) is 0 Å². The fourth-order valence-electron chi connectivity index (χ4n) is 4.92. The first-order valence-electron chi connectivity index (χ1n) is 13.6. The molecule has 0 N–H and O–H groups in total. The number of nitrogens with zero attached hydrogens (tertiary/aromatic N) is 5. The van der Waals surface area contributed by atoms with Gasteiger partial charge in [-0.2, -0.15) is 10.1 Å². The third-order valence-corrected chi connectivity index (χ3v) is 8.08. The first-order valence-corrected chi connectivity index (χ1v) is 14.7. The van der Waals surface area contributed by atoms with Crippen molar-refractivity contribution in [1.29, 1.82) is 0 Å².